The van der Waals surface area contributed by atoms with Crippen molar-refractivity contribution >= 4 is 22.1 Å². The Balaban J connectivity index is 2.55. The topological polar surface area (TPSA) is 186 Å². The van der Waals surface area contributed by atoms with Gasteiger partial charge < -0.3 is 34.3 Å². The van der Waals surface area contributed by atoms with Gasteiger partial charge in [-0.05, 0) is 51.4 Å². The van der Waals surface area contributed by atoms with E-state index < -0.39 is 71.2 Å². The number of aliphatic hydroxyl groups is 3. The standard InChI is InChI=1S/C40H68O12S/c1-3-5-7-9-11-13-14-15-16-17-18-19-20-21-23-25-27-29-36(42)51-33(30-49-35(41)28-26-24-22-12-10-8-6-4-2)31-50-40-39(45)38(44)37(43)34(52-40)32-53(46,47)48/h11,13,15-16,18-19,21,23,33-34,37-40,43-45H,3-10,12,14,17,20,22,24-32H2,1-2H3,(H,46,47,48)/b13-11+,16-15+,19-18+,23-21+/t33-,34-,37-,38?,39?,40+/m1/s1. The summed E-state index contributed by atoms with van der Waals surface area (Å²) in [6.07, 6.45) is 24.8. The highest BCUT2D eigenvalue weighted by Crippen LogP contribution is 2.24. The lowest BCUT2D eigenvalue weighted by atomic mass is 10.00. The minimum Gasteiger partial charge on any atom is -0.462 e. The average Bonchev–Trinajstić information content (AvgIpc) is 3.12. The first-order valence-electron chi connectivity index (χ1n) is 19.7. The van der Waals surface area contributed by atoms with Gasteiger partial charge in [-0.3, -0.25) is 14.1 Å². The Morgan fingerprint density at radius 2 is 1.15 bits per heavy atom. The number of unbranched alkanes of at least 4 members (excludes halogenated alkanes) is 11. The maximum absolute atomic E-state index is 12.7. The van der Waals surface area contributed by atoms with Gasteiger partial charge in [0.25, 0.3) is 10.1 Å². The number of esters is 2. The Hall–Kier alpha value is -2.39. The molecule has 306 valence electrons. The molecule has 0 bridgehead atoms. The van der Waals surface area contributed by atoms with E-state index in [0.717, 1.165) is 44.9 Å². The molecule has 0 aliphatic carbocycles. The molecule has 1 aliphatic rings. The zero-order chi connectivity index (χ0) is 39.2. The maximum atomic E-state index is 12.7. The number of hydrogen-bond donors (Lipinski definition) is 4. The van der Waals surface area contributed by atoms with Crippen molar-refractivity contribution < 1.29 is 56.8 Å². The largest absolute Gasteiger partial charge is 0.462 e. The lowest BCUT2D eigenvalue weighted by Crippen LogP contribution is -2.60. The van der Waals surface area contributed by atoms with Crippen LogP contribution in [0.15, 0.2) is 48.6 Å². The molecule has 0 spiro atoms. The second kappa shape index (κ2) is 30.9. The summed E-state index contributed by atoms with van der Waals surface area (Å²) in [6, 6.07) is 0. The van der Waals surface area contributed by atoms with Gasteiger partial charge in [-0.2, -0.15) is 8.42 Å². The number of carbonyl (C=O) groups is 2. The number of hydrogen-bond acceptors (Lipinski definition) is 11. The van der Waals surface area contributed by atoms with Crippen molar-refractivity contribution in [1.82, 2.24) is 0 Å². The van der Waals surface area contributed by atoms with Gasteiger partial charge in [-0.15, -0.1) is 0 Å². The normalized spacial score (nSPS) is 21.7. The zero-order valence-electron chi connectivity index (χ0n) is 32.1. The highest BCUT2D eigenvalue weighted by molar-refractivity contribution is 7.85. The van der Waals surface area contributed by atoms with Crippen LogP contribution in [-0.2, 0) is 38.7 Å². The van der Waals surface area contributed by atoms with E-state index in [0.29, 0.717) is 19.3 Å². The van der Waals surface area contributed by atoms with Crippen LogP contribution in [0.2, 0.25) is 0 Å². The van der Waals surface area contributed by atoms with Crippen LogP contribution in [0.3, 0.4) is 0 Å². The summed E-state index contributed by atoms with van der Waals surface area (Å²) in [7, 11) is -4.60. The second-order valence-corrected chi connectivity index (χ2v) is 15.1. The van der Waals surface area contributed by atoms with Gasteiger partial charge in [0.15, 0.2) is 12.4 Å². The lowest BCUT2D eigenvalue weighted by molar-refractivity contribution is -0.297. The summed E-state index contributed by atoms with van der Waals surface area (Å²) in [4.78, 5) is 25.1. The molecule has 0 aromatic heterocycles. The second-order valence-electron chi connectivity index (χ2n) is 13.6. The Kier molecular flexibility index (Phi) is 28.3. The maximum Gasteiger partial charge on any atom is 0.306 e. The molecule has 0 aromatic rings. The minimum absolute atomic E-state index is 0.0879. The Morgan fingerprint density at radius 3 is 1.74 bits per heavy atom. The minimum atomic E-state index is -4.60. The first-order valence-corrected chi connectivity index (χ1v) is 21.3. The lowest BCUT2D eigenvalue weighted by Gasteiger charge is -2.40. The van der Waals surface area contributed by atoms with E-state index in [1.54, 1.807) is 0 Å². The molecule has 2 unspecified atom stereocenters. The summed E-state index contributed by atoms with van der Waals surface area (Å²) in [6.45, 7) is 3.61. The molecule has 0 radical (unpaired) electrons. The van der Waals surface area contributed by atoms with Gasteiger partial charge in [0.05, 0.1) is 6.61 Å². The van der Waals surface area contributed by atoms with E-state index in [1.165, 1.54) is 44.9 Å². The molecule has 1 fully saturated rings. The first kappa shape index (κ1) is 48.6. The Bertz CT molecular complexity index is 1180. The van der Waals surface area contributed by atoms with E-state index >= 15 is 0 Å². The molecule has 6 atom stereocenters. The Morgan fingerprint density at radius 1 is 0.642 bits per heavy atom. The molecule has 13 heteroatoms. The summed E-state index contributed by atoms with van der Waals surface area (Å²) in [5, 5.41) is 30.7. The van der Waals surface area contributed by atoms with Gasteiger partial charge in [0, 0.05) is 12.8 Å². The quantitative estimate of drug-likeness (QED) is 0.0250. The fourth-order valence-electron chi connectivity index (χ4n) is 5.55. The molecular weight excluding hydrogens is 704 g/mol. The van der Waals surface area contributed by atoms with Crippen LogP contribution in [0, 0.1) is 0 Å². The first-order chi connectivity index (χ1) is 25.5. The van der Waals surface area contributed by atoms with Gasteiger partial charge in [0.1, 0.15) is 36.8 Å². The van der Waals surface area contributed by atoms with Gasteiger partial charge in [-0.1, -0.05) is 120 Å². The van der Waals surface area contributed by atoms with Gasteiger partial charge in [-0.25, -0.2) is 0 Å². The fraction of sp³-hybridized carbons (Fsp3) is 0.750. The summed E-state index contributed by atoms with van der Waals surface area (Å²) in [5.41, 5.74) is 0. The van der Waals surface area contributed by atoms with E-state index in [2.05, 4.69) is 50.3 Å². The molecule has 12 nitrogen and oxygen atoms in total. The van der Waals surface area contributed by atoms with Gasteiger partial charge in [0.2, 0.25) is 0 Å². The van der Waals surface area contributed by atoms with E-state index in [1.807, 2.05) is 12.2 Å². The van der Waals surface area contributed by atoms with Crippen molar-refractivity contribution in [2.24, 2.45) is 0 Å². The summed E-state index contributed by atoms with van der Waals surface area (Å²) >= 11 is 0. The molecule has 4 N–H and O–H groups in total. The van der Waals surface area contributed by atoms with Crippen LogP contribution >= 0.6 is 0 Å². The number of carbonyl (C=O) groups excluding carboxylic acids is 2. The van der Waals surface area contributed by atoms with Crippen LogP contribution in [0.5, 0.6) is 0 Å². The monoisotopic (exact) mass is 772 g/mol. The zero-order valence-corrected chi connectivity index (χ0v) is 32.9. The highest BCUT2D eigenvalue weighted by atomic mass is 32.2. The van der Waals surface area contributed by atoms with Crippen molar-refractivity contribution in [2.45, 2.75) is 173 Å². The van der Waals surface area contributed by atoms with Crippen molar-refractivity contribution in [3.8, 4) is 0 Å². The molecule has 53 heavy (non-hydrogen) atoms. The van der Waals surface area contributed by atoms with Crippen LogP contribution in [0.1, 0.15) is 136 Å². The highest BCUT2D eigenvalue weighted by Gasteiger charge is 2.46. The number of allylic oxidation sites excluding steroid dienone is 8. The third-order valence-corrected chi connectivity index (χ3v) is 9.41. The Labute approximate surface area is 318 Å². The van der Waals surface area contributed by atoms with Crippen molar-refractivity contribution in [1.29, 1.82) is 0 Å². The van der Waals surface area contributed by atoms with E-state index in [4.69, 9.17) is 18.9 Å². The molecule has 1 aliphatic heterocycles. The number of rotatable bonds is 31. The van der Waals surface area contributed by atoms with Crippen molar-refractivity contribution in [2.75, 3.05) is 19.0 Å². The molecule has 1 saturated heterocycles. The van der Waals surface area contributed by atoms with Crippen LogP contribution in [-0.4, -0.2) is 96.0 Å². The molecule has 1 heterocycles. The van der Waals surface area contributed by atoms with Gasteiger partial charge >= 0.3 is 11.9 Å². The molecule has 0 saturated carbocycles. The number of ether oxygens (including phenoxy) is 4. The SMILES string of the molecule is CCCCC/C=C/C/C=C/C/C=C/C/C=C/CCCC(=O)O[C@H](COC(=O)CCCCCCCCCC)CO[C@H]1O[C@H](CS(=O)(=O)O)[C@@H](O)C(O)C1O. The van der Waals surface area contributed by atoms with Crippen LogP contribution < -0.4 is 0 Å². The van der Waals surface area contributed by atoms with Crippen molar-refractivity contribution in [3.05, 3.63) is 48.6 Å². The fourth-order valence-corrected chi connectivity index (χ4v) is 6.24. The van der Waals surface area contributed by atoms with Crippen molar-refractivity contribution in [3.63, 3.8) is 0 Å². The third-order valence-electron chi connectivity index (χ3n) is 8.66. The van der Waals surface area contributed by atoms with E-state index in [9.17, 15) is 37.9 Å². The summed E-state index contributed by atoms with van der Waals surface area (Å²) in [5.74, 6) is -2.07. The molecule has 0 aromatic carbocycles. The molecule has 1 rings (SSSR count). The molecule has 0 amide bonds. The van der Waals surface area contributed by atoms with Crippen LogP contribution in [0.25, 0.3) is 0 Å². The smallest absolute Gasteiger partial charge is 0.306 e. The predicted octanol–water partition coefficient (Wildman–Crippen LogP) is 6.83. The number of aliphatic hydroxyl groups excluding tert-OH is 3. The van der Waals surface area contributed by atoms with Crippen LogP contribution in [0.4, 0.5) is 0 Å². The average molecular weight is 773 g/mol. The third kappa shape index (κ3) is 26.1. The predicted molar refractivity (Wildman–Crippen MR) is 206 cm³/mol. The van der Waals surface area contributed by atoms with E-state index in [-0.39, 0.29) is 19.4 Å². The summed E-state index contributed by atoms with van der Waals surface area (Å²) < 4.78 is 53.7. The molecular formula is C40H68O12S.